The van der Waals surface area contributed by atoms with E-state index in [9.17, 15) is 13.2 Å². The molecular formula is C28H21F3O. The van der Waals surface area contributed by atoms with Crippen molar-refractivity contribution in [2.24, 2.45) is 0 Å². The van der Waals surface area contributed by atoms with E-state index in [1.54, 1.807) is 13.0 Å². The molecule has 0 spiro atoms. The number of halogens is 3. The molecule has 1 nitrogen and oxygen atoms in total. The highest BCUT2D eigenvalue weighted by atomic mass is 19.1. The first-order chi connectivity index (χ1) is 15.5. The topological polar surface area (TPSA) is 9.23 Å². The molecule has 4 aromatic rings. The van der Waals surface area contributed by atoms with Crippen LogP contribution in [0.5, 0.6) is 5.75 Å². The molecule has 0 N–H and O–H groups in total. The Bertz CT molecular complexity index is 1290. The molecule has 0 unspecified atom stereocenters. The number of hydrogen-bond acceptors (Lipinski definition) is 1. The van der Waals surface area contributed by atoms with Crippen LogP contribution >= 0.6 is 0 Å². The first-order valence-corrected chi connectivity index (χ1v) is 10.4. The fourth-order valence-electron chi connectivity index (χ4n) is 3.53. The highest BCUT2D eigenvalue weighted by Crippen LogP contribution is 2.22. The van der Waals surface area contributed by atoms with Gasteiger partial charge in [-0.3, -0.25) is 0 Å². The fraction of sp³-hybridized carbons (Fsp3) is 0.143. The second kappa shape index (κ2) is 9.62. The maximum atomic E-state index is 14.2. The molecule has 0 aliphatic rings. The number of benzene rings is 4. The minimum atomic E-state index is -0.589. The van der Waals surface area contributed by atoms with Crippen molar-refractivity contribution in [1.29, 1.82) is 0 Å². The molecular weight excluding hydrogens is 409 g/mol. The molecule has 0 aliphatic heterocycles. The lowest BCUT2D eigenvalue weighted by Crippen LogP contribution is -2.01. The Morgan fingerprint density at radius 2 is 1.31 bits per heavy atom. The van der Waals surface area contributed by atoms with Gasteiger partial charge in [0.1, 0.15) is 23.2 Å². The van der Waals surface area contributed by atoms with E-state index in [2.05, 4.69) is 11.8 Å². The largest absolute Gasteiger partial charge is 0.494 e. The van der Waals surface area contributed by atoms with Crippen molar-refractivity contribution in [3.8, 4) is 17.6 Å². The van der Waals surface area contributed by atoms with Crippen LogP contribution in [0.1, 0.15) is 29.2 Å². The monoisotopic (exact) mass is 430 g/mol. The van der Waals surface area contributed by atoms with Gasteiger partial charge in [0.2, 0.25) is 0 Å². The summed E-state index contributed by atoms with van der Waals surface area (Å²) >= 11 is 0. The molecule has 160 valence electrons. The van der Waals surface area contributed by atoms with Gasteiger partial charge in [0.15, 0.2) is 0 Å². The van der Waals surface area contributed by atoms with Gasteiger partial charge >= 0.3 is 0 Å². The molecule has 0 aromatic heterocycles. The van der Waals surface area contributed by atoms with E-state index < -0.39 is 11.6 Å². The van der Waals surface area contributed by atoms with E-state index in [1.165, 1.54) is 24.3 Å². The van der Waals surface area contributed by atoms with Gasteiger partial charge in [0.05, 0.1) is 6.61 Å². The highest BCUT2D eigenvalue weighted by Gasteiger charge is 2.12. The molecule has 0 aliphatic carbocycles. The summed E-state index contributed by atoms with van der Waals surface area (Å²) in [5.74, 6) is 5.00. The normalized spacial score (nSPS) is 10.6. The number of rotatable bonds is 5. The van der Waals surface area contributed by atoms with E-state index in [0.29, 0.717) is 13.0 Å². The van der Waals surface area contributed by atoms with Crippen molar-refractivity contribution >= 4 is 10.8 Å². The Morgan fingerprint density at radius 3 is 2.03 bits per heavy atom. The molecule has 0 radical (unpaired) electrons. The maximum Gasteiger partial charge on any atom is 0.133 e. The third-order valence-electron chi connectivity index (χ3n) is 5.20. The van der Waals surface area contributed by atoms with E-state index >= 15 is 0 Å². The fourth-order valence-corrected chi connectivity index (χ4v) is 3.53. The van der Waals surface area contributed by atoms with Crippen LogP contribution in [0.3, 0.4) is 0 Å². The average molecular weight is 430 g/mol. The molecule has 0 saturated carbocycles. The summed E-state index contributed by atoms with van der Waals surface area (Å²) < 4.78 is 46.9. The zero-order valence-electron chi connectivity index (χ0n) is 17.6. The van der Waals surface area contributed by atoms with Gasteiger partial charge in [0.25, 0.3) is 0 Å². The molecule has 4 rings (SSSR count). The van der Waals surface area contributed by atoms with Crippen LogP contribution in [0, 0.1) is 29.3 Å². The summed E-state index contributed by atoms with van der Waals surface area (Å²) in [7, 11) is 0. The van der Waals surface area contributed by atoms with Crippen molar-refractivity contribution in [2.45, 2.75) is 19.8 Å². The van der Waals surface area contributed by atoms with Crippen molar-refractivity contribution in [3.05, 3.63) is 113 Å². The Morgan fingerprint density at radius 1 is 0.688 bits per heavy atom. The lowest BCUT2D eigenvalue weighted by Gasteiger charge is -2.09. The number of aryl methyl sites for hydroxylation is 1. The Balaban J connectivity index is 1.43. The first-order valence-electron chi connectivity index (χ1n) is 10.4. The molecule has 32 heavy (non-hydrogen) atoms. The first kappa shape index (κ1) is 21.5. The third kappa shape index (κ3) is 5.12. The summed E-state index contributed by atoms with van der Waals surface area (Å²) in [5.41, 5.74) is 2.71. The minimum absolute atomic E-state index is 0.0634. The maximum absolute atomic E-state index is 14.2. The zero-order chi connectivity index (χ0) is 22.5. The Hall–Kier alpha value is -3.71. The van der Waals surface area contributed by atoms with E-state index in [4.69, 9.17) is 4.74 Å². The molecule has 0 heterocycles. The van der Waals surface area contributed by atoms with Gasteiger partial charge in [-0.1, -0.05) is 36.1 Å². The molecule has 0 saturated heterocycles. The molecule has 4 heteroatoms. The summed E-state index contributed by atoms with van der Waals surface area (Å²) in [6.45, 7) is 2.12. The van der Waals surface area contributed by atoms with Crippen LogP contribution in [0.25, 0.3) is 10.8 Å². The third-order valence-corrected chi connectivity index (χ3v) is 5.20. The van der Waals surface area contributed by atoms with Crippen LogP contribution in [-0.2, 0) is 12.8 Å². The smallest absolute Gasteiger partial charge is 0.133 e. The van der Waals surface area contributed by atoms with Gasteiger partial charge < -0.3 is 4.74 Å². The summed E-state index contributed by atoms with van der Waals surface area (Å²) in [5, 5.41) is 1.77. The van der Waals surface area contributed by atoms with Crippen molar-refractivity contribution < 1.29 is 17.9 Å². The molecule has 0 atom stereocenters. The Kier molecular flexibility index (Phi) is 6.47. The van der Waals surface area contributed by atoms with E-state index in [1.807, 2.05) is 42.5 Å². The van der Waals surface area contributed by atoms with Gasteiger partial charge in [-0.2, -0.15) is 0 Å². The van der Waals surface area contributed by atoms with E-state index in [-0.39, 0.29) is 23.6 Å². The minimum Gasteiger partial charge on any atom is -0.494 e. The summed E-state index contributed by atoms with van der Waals surface area (Å²) in [4.78, 5) is 0. The van der Waals surface area contributed by atoms with Crippen molar-refractivity contribution in [3.63, 3.8) is 0 Å². The predicted molar refractivity (Wildman–Crippen MR) is 121 cm³/mol. The van der Waals surface area contributed by atoms with Gasteiger partial charge in [0, 0.05) is 28.8 Å². The second-order valence-corrected chi connectivity index (χ2v) is 7.45. The highest BCUT2D eigenvalue weighted by molar-refractivity contribution is 5.84. The number of ether oxygens (including phenoxy) is 1. The van der Waals surface area contributed by atoms with Crippen LogP contribution in [0.2, 0.25) is 0 Å². The van der Waals surface area contributed by atoms with Crippen molar-refractivity contribution in [2.75, 3.05) is 6.61 Å². The zero-order valence-corrected chi connectivity index (χ0v) is 17.6. The van der Waals surface area contributed by atoms with Crippen molar-refractivity contribution in [1.82, 2.24) is 0 Å². The molecule has 0 fully saturated rings. The molecule has 4 aromatic carbocycles. The van der Waals surface area contributed by atoms with Crippen LogP contribution in [0.15, 0.2) is 72.8 Å². The lowest BCUT2D eigenvalue weighted by molar-refractivity contribution is 0.335. The van der Waals surface area contributed by atoms with Crippen LogP contribution in [0.4, 0.5) is 13.2 Å². The SMILES string of the molecule is CCOc1cc(F)c(CCc2ccc(C#Cc3ccc4cc(F)ccc4c3)cc2)c(F)c1. The van der Waals surface area contributed by atoms with Gasteiger partial charge in [-0.05, 0) is 72.5 Å². The van der Waals surface area contributed by atoms with Crippen LogP contribution < -0.4 is 4.74 Å². The molecule has 0 amide bonds. The average Bonchev–Trinajstić information content (AvgIpc) is 2.78. The quantitative estimate of drug-likeness (QED) is 0.315. The van der Waals surface area contributed by atoms with Crippen LogP contribution in [-0.4, -0.2) is 6.61 Å². The number of hydrogen-bond donors (Lipinski definition) is 0. The summed E-state index contributed by atoms with van der Waals surface area (Å²) in [6.07, 6.45) is 0.767. The van der Waals surface area contributed by atoms with Gasteiger partial charge in [-0.15, -0.1) is 0 Å². The standard InChI is InChI=1S/C28H21F3O/c1-2-32-25-17-27(30)26(28(31)18-25)14-10-20-5-3-19(4-6-20)7-8-21-9-11-23-16-24(29)13-12-22(23)15-21/h3-6,9,11-13,15-18H,2,10,14H2,1H3. The molecule has 0 bridgehead atoms. The lowest BCUT2D eigenvalue weighted by atomic mass is 10.0. The van der Waals surface area contributed by atoms with Gasteiger partial charge in [-0.25, -0.2) is 13.2 Å². The summed E-state index contributed by atoms with van der Waals surface area (Å²) in [6, 6.07) is 20.4. The van der Waals surface area contributed by atoms with E-state index in [0.717, 1.165) is 27.5 Å². The number of fused-ring (bicyclic) bond motifs is 1. The second-order valence-electron chi connectivity index (χ2n) is 7.45. The predicted octanol–water partition coefficient (Wildman–Crippen LogP) is 6.84. The Labute approximate surface area is 185 Å².